The molecule has 0 spiro atoms. The van der Waals surface area contributed by atoms with E-state index in [9.17, 15) is 9.90 Å². The first-order valence-electron chi connectivity index (χ1n) is 7.71. The average molecular weight is 302 g/mol. The summed E-state index contributed by atoms with van der Waals surface area (Å²) in [5.74, 6) is 0.0386. The first-order valence-corrected chi connectivity index (χ1v) is 7.71. The lowest BCUT2D eigenvalue weighted by molar-refractivity contribution is -0.116. The highest BCUT2D eigenvalue weighted by molar-refractivity contribution is 6.23. The Morgan fingerprint density at radius 1 is 1.36 bits per heavy atom. The summed E-state index contributed by atoms with van der Waals surface area (Å²) in [6.45, 7) is 4.28. The van der Waals surface area contributed by atoms with Crippen LogP contribution in [0.5, 0.6) is 0 Å². The number of hydrogen-bond donors (Lipinski definition) is 1. The Balaban J connectivity index is 2.27. The Labute approximate surface area is 130 Å². The predicted octanol–water partition coefficient (Wildman–Crippen LogP) is 3.53. The predicted molar refractivity (Wildman–Crippen MR) is 84.8 cm³/mol. The van der Waals surface area contributed by atoms with Crippen molar-refractivity contribution in [2.24, 2.45) is 5.16 Å². The number of aromatic nitrogens is 1. The summed E-state index contributed by atoms with van der Waals surface area (Å²) in [5.41, 5.74) is 1.92. The van der Waals surface area contributed by atoms with Crippen LogP contribution in [0.3, 0.4) is 0 Å². The summed E-state index contributed by atoms with van der Waals surface area (Å²) in [5, 5.41) is 14.4. The fraction of sp³-hybridized carbons (Fsp3) is 0.471. The number of carbonyl (C=O) groups excluding carboxylic acids is 1. The van der Waals surface area contributed by atoms with Crippen molar-refractivity contribution in [3.8, 4) is 0 Å². The van der Waals surface area contributed by atoms with Gasteiger partial charge >= 0.3 is 0 Å². The van der Waals surface area contributed by atoms with E-state index in [1.807, 2.05) is 26.0 Å². The molecular weight excluding hydrogens is 280 g/mol. The van der Waals surface area contributed by atoms with Crippen molar-refractivity contribution < 1.29 is 14.7 Å². The number of hydrogen-bond acceptors (Lipinski definition) is 5. The van der Waals surface area contributed by atoms with E-state index in [2.05, 4.69) is 10.1 Å². The minimum atomic E-state index is -0.0718. The molecule has 1 atom stereocenters. The van der Waals surface area contributed by atoms with E-state index in [0.717, 1.165) is 12.0 Å². The number of nitrogens with zero attached hydrogens (tertiary/aromatic N) is 2. The molecule has 5 heteroatoms. The van der Waals surface area contributed by atoms with Gasteiger partial charge in [-0.3, -0.25) is 9.78 Å². The first-order chi connectivity index (χ1) is 10.7. The molecule has 22 heavy (non-hydrogen) atoms. The van der Waals surface area contributed by atoms with Gasteiger partial charge in [0.25, 0.3) is 0 Å². The summed E-state index contributed by atoms with van der Waals surface area (Å²) in [6.07, 6.45) is 5.68. The molecule has 118 valence electrons. The molecular formula is C17H22N2O3. The summed E-state index contributed by atoms with van der Waals surface area (Å²) >= 11 is 0. The van der Waals surface area contributed by atoms with Gasteiger partial charge in [0.1, 0.15) is 12.4 Å². The molecule has 0 fully saturated rings. The van der Waals surface area contributed by atoms with Crippen LogP contribution in [0.2, 0.25) is 0 Å². The summed E-state index contributed by atoms with van der Waals surface area (Å²) in [4.78, 5) is 21.6. The monoisotopic (exact) mass is 302 g/mol. The van der Waals surface area contributed by atoms with E-state index in [0.29, 0.717) is 37.2 Å². The van der Waals surface area contributed by atoms with Gasteiger partial charge in [-0.05, 0) is 37.0 Å². The molecule has 1 aliphatic carbocycles. The molecule has 1 aliphatic rings. The van der Waals surface area contributed by atoms with Gasteiger partial charge in [-0.2, -0.15) is 0 Å². The highest BCUT2D eigenvalue weighted by Gasteiger charge is 2.31. The second-order valence-electron chi connectivity index (χ2n) is 5.34. The van der Waals surface area contributed by atoms with Gasteiger partial charge in [-0.15, -0.1) is 0 Å². The second kappa shape index (κ2) is 7.73. The number of carbonyl (C=O) groups is 1. The van der Waals surface area contributed by atoms with Crippen LogP contribution >= 0.6 is 0 Å². The third-order valence-corrected chi connectivity index (χ3v) is 3.70. The molecule has 1 N–H and O–H groups in total. The van der Waals surface area contributed by atoms with Crippen LogP contribution in [-0.2, 0) is 9.63 Å². The van der Waals surface area contributed by atoms with Crippen molar-refractivity contribution in [1.29, 1.82) is 0 Å². The van der Waals surface area contributed by atoms with Crippen molar-refractivity contribution in [3.05, 3.63) is 41.4 Å². The number of aliphatic hydroxyl groups is 1. The Kier molecular flexibility index (Phi) is 5.69. The van der Waals surface area contributed by atoms with Gasteiger partial charge in [-0.25, -0.2) is 0 Å². The van der Waals surface area contributed by atoms with Crippen LogP contribution in [0, 0.1) is 0 Å². The quantitative estimate of drug-likeness (QED) is 0.644. The Bertz CT molecular complexity index is 579. The molecule has 0 amide bonds. The van der Waals surface area contributed by atoms with Crippen molar-refractivity contribution in [2.45, 2.75) is 45.4 Å². The van der Waals surface area contributed by atoms with Gasteiger partial charge in [0.05, 0.1) is 11.3 Å². The lowest BCUT2D eigenvalue weighted by Gasteiger charge is -2.24. The maximum Gasteiger partial charge on any atom is 0.168 e. The van der Waals surface area contributed by atoms with E-state index in [4.69, 9.17) is 4.84 Å². The number of ketones is 1. The Morgan fingerprint density at radius 2 is 2.09 bits per heavy atom. The average Bonchev–Trinajstić information content (AvgIpc) is 2.52. The van der Waals surface area contributed by atoms with E-state index < -0.39 is 0 Å². The molecule has 5 nitrogen and oxygen atoms in total. The molecule has 0 saturated carbocycles. The van der Waals surface area contributed by atoms with Gasteiger partial charge in [0.2, 0.25) is 0 Å². The van der Waals surface area contributed by atoms with Crippen LogP contribution in [0.1, 0.15) is 51.0 Å². The van der Waals surface area contributed by atoms with Crippen LogP contribution in [0.25, 0.3) is 0 Å². The van der Waals surface area contributed by atoms with Gasteiger partial charge in [-0.1, -0.05) is 18.5 Å². The summed E-state index contributed by atoms with van der Waals surface area (Å²) in [7, 11) is 0. The van der Waals surface area contributed by atoms with Gasteiger partial charge in [0, 0.05) is 25.2 Å². The minimum absolute atomic E-state index is 0.00535. The number of oxime groups is 1. The van der Waals surface area contributed by atoms with E-state index in [1.165, 1.54) is 0 Å². The van der Waals surface area contributed by atoms with Crippen molar-refractivity contribution in [2.75, 3.05) is 6.61 Å². The number of rotatable bonds is 6. The lowest BCUT2D eigenvalue weighted by Crippen LogP contribution is -2.24. The van der Waals surface area contributed by atoms with Crippen LogP contribution < -0.4 is 0 Å². The van der Waals surface area contributed by atoms with Gasteiger partial charge < -0.3 is 9.94 Å². The molecule has 1 heterocycles. The smallest absolute Gasteiger partial charge is 0.168 e. The molecule has 1 aromatic heterocycles. The third kappa shape index (κ3) is 3.72. The van der Waals surface area contributed by atoms with Crippen LogP contribution in [-0.4, -0.2) is 28.2 Å². The molecule has 0 aromatic carbocycles. The van der Waals surface area contributed by atoms with E-state index in [1.54, 1.807) is 12.4 Å². The highest BCUT2D eigenvalue weighted by Crippen LogP contribution is 2.34. The second-order valence-corrected chi connectivity index (χ2v) is 5.34. The van der Waals surface area contributed by atoms with Crippen LogP contribution in [0.4, 0.5) is 0 Å². The molecule has 0 saturated heterocycles. The van der Waals surface area contributed by atoms with Gasteiger partial charge in [0.15, 0.2) is 5.78 Å². The SMILES string of the molecule is CCC/C(=N\OCC)C1=C(O)CC(c2ccncc2)CC1=O. The maximum atomic E-state index is 12.5. The lowest BCUT2D eigenvalue weighted by atomic mass is 9.81. The normalized spacial score (nSPS) is 19.5. The van der Waals surface area contributed by atoms with Crippen molar-refractivity contribution in [1.82, 2.24) is 4.98 Å². The number of aliphatic hydroxyl groups excluding tert-OH is 1. The largest absolute Gasteiger partial charge is 0.511 e. The van der Waals surface area contributed by atoms with Crippen molar-refractivity contribution >= 4 is 11.5 Å². The topological polar surface area (TPSA) is 71.8 Å². The summed E-state index contributed by atoms with van der Waals surface area (Å²) in [6, 6.07) is 3.77. The van der Waals surface area contributed by atoms with E-state index >= 15 is 0 Å². The Hall–Kier alpha value is -2.17. The third-order valence-electron chi connectivity index (χ3n) is 3.70. The molecule has 2 rings (SSSR count). The number of allylic oxidation sites excluding steroid dienone is 2. The molecule has 0 bridgehead atoms. The number of pyridine rings is 1. The van der Waals surface area contributed by atoms with Crippen molar-refractivity contribution in [3.63, 3.8) is 0 Å². The fourth-order valence-electron chi connectivity index (χ4n) is 2.69. The first kappa shape index (κ1) is 16.2. The molecule has 1 aromatic rings. The zero-order chi connectivity index (χ0) is 15.9. The minimum Gasteiger partial charge on any atom is -0.511 e. The molecule has 0 radical (unpaired) electrons. The Morgan fingerprint density at radius 3 is 2.68 bits per heavy atom. The number of Topliss-reactive ketones (excluding diaryl/α,β-unsaturated/α-hetero) is 1. The zero-order valence-electron chi connectivity index (χ0n) is 13.1. The van der Waals surface area contributed by atoms with E-state index in [-0.39, 0.29) is 17.5 Å². The molecule has 1 unspecified atom stereocenters. The van der Waals surface area contributed by atoms with Crippen LogP contribution in [0.15, 0.2) is 41.0 Å². The molecule has 0 aliphatic heterocycles. The fourth-order valence-corrected chi connectivity index (χ4v) is 2.69. The zero-order valence-corrected chi connectivity index (χ0v) is 13.1. The standard InChI is InChI=1S/C17H22N2O3/c1-3-5-14(19-22-4-2)17-15(20)10-13(11-16(17)21)12-6-8-18-9-7-12/h6-9,13,20H,3-5,10-11H2,1-2H3/b19-14+. The maximum absolute atomic E-state index is 12.5. The highest BCUT2D eigenvalue weighted by atomic mass is 16.6. The summed E-state index contributed by atoms with van der Waals surface area (Å²) < 4.78 is 0.